The molecule has 0 spiro atoms. The highest BCUT2D eigenvalue weighted by molar-refractivity contribution is 6.18. The number of nitrogens with zero attached hydrogens (tertiary/aromatic N) is 1. The predicted molar refractivity (Wildman–Crippen MR) is 62.9 cm³/mol. The maximum atomic E-state index is 5.93. The second kappa shape index (κ2) is 5.47. The largest absolute Gasteiger partial charge is 0.308 e. The molecule has 2 rings (SSSR count). The topological polar surface area (TPSA) is 24.9 Å². The number of hydrogen-bond acceptors (Lipinski definition) is 2. The van der Waals surface area contributed by atoms with Crippen molar-refractivity contribution >= 4 is 11.6 Å². The van der Waals surface area contributed by atoms with E-state index in [1.807, 2.05) is 18.3 Å². The van der Waals surface area contributed by atoms with Crippen LogP contribution in [0.4, 0.5) is 0 Å². The van der Waals surface area contributed by atoms with Gasteiger partial charge in [0.15, 0.2) is 0 Å². The van der Waals surface area contributed by atoms with E-state index in [0.717, 1.165) is 18.1 Å². The predicted octanol–water partition coefficient (Wildman–Crippen LogP) is 2.58. The molecular formula is C12H17ClN2. The minimum Gasteiger partial charge on any atom is -0.308 e. The number of pyridine rings is 1. The van der Waals surface area contributed by atoms with Crippen molar-refractivity contribution in [3.63, 3.8) is 0 Å². The zero-order valence-corrected chi connectivity index (χ0v) is 9.58. The molecule has 2 nitrogen and oxygen atoms in total. The van der Waals surface area contributed by atoms with Gasteiger partial charge in [-0.1, -0.05) is 12.5 Å². The molecule has 1 aliphatic carbocycles. The van der Waals surface area contributed by atoms with E-state index in [1.165, 1.54) is 19.3 Å². The van der Waals surface area contributed by atoms with Crippen molar-refractivity contribution in [1.82, 2.24) is 10.3 Å². The van der Waals surface area contributed by atoms with Crippen LogP contribution in [0.2, 0.25) is 0 Å². The van der Waals surface area contributed by atoms with E-state index >= 15 is 0 Å². The van der Waals surface area contributed by atoms with E-state index in [4.69, 9.17) is 11.6 Å². The number of alkyl halides is 1. The fourth-order valence-corrected chi connectivity index (χ4v) is 2.60. The summed E-state index contributed by atoms with van der Waals surface area (Å²) in [6, 6.07) is 6.61. The summed E-state index contributed by atoms with van der Waals surface area (Å²) in [6.07, 6.45) is 5.66. The Morgan fingerprint density at radius 2 is 2.33 bits per heavy atom. The summed E-state index contributed by atoms with van der Waals surface area (Å²) in [5, 5.41) is 3.55. The molecule has 0 aromatic carbocycles. The van der Waals surface area contributed by atoms with E-state index in [2.05, 4.69) is 16.4 Å². The van der Waals surface area contributed by atoms with Crippen LogP contribution in [-0.2, 0) is 6.54 Å². The summed E-state index contributed by atoms with van der Waals surface area (Å²) < 4.78 is 0. The first-order valence-corrected chi connectivity index (χ1v) is 6.13. The van der Waals surface area contributed by atoms with Gasteiger partial charge < -0.3 is 5.32 Å². The van der Waals surface area contributed by atoms with Crippen LogP contribution in [0, 0.1) is 5.92 Å². The lowest BCUT2D eigenvalue weighted by molar-refractivity contribution is 0.427. The van der Waals surface area contributed by atoms with Crippen molar-refractivity contribution in [2.45, 2.75) is 31.8 Å². The Morgan fingerprint density at radius 3 is 3.07 bits per heavy atom. The molecule has 1 aliphatic rings. The maximum Gasteiger partial charge on any atom is 0.0541 e. The second-order valence-electron chi connectivity index (χ2n) is 4.15. The SMILES string of the molecule is ClCC1CCCC1NCc1ccccn1. The number of hydrogen-bond donors (Lipinski definition) is 1. The molecule has 82 valence electrons. The average Bonchev–Trinajstić information content (AvgIpc) is 2.75. The van der Waals surface area contributed by atoms with Gasteiger partial charge in [-0.25, -0.2) is 0 Å². The van der Waals surface area contributed by atoms with Crippen LogP contribution in [-0.4, -0.2) is 16.9 Å². The summed E-state index contributed by atoms with van der Waals surface area (Å²) in [4.78, 5) is 4.30. The Labute approximate surface area is 96.1 Å². The van der Waals surface area contributed by atoms with Crippen molar-refractivity contribution in [3.05, 3.63) is 30.1 Å². The number of halogens is 1. The average molecular weight is 225 g/mol. The summed E-state index contributed by atoms with van der Waals surface area (Å²) in [5.74, 6) is 1.43. The molecule has 1 fully saturated rings. The van der Waals surface area contributed by atoms with Gasteiger partial charge in [-0.2, -0.15) is 0 Å². The summed E-state index contributed by atoms with van der Waals surface area (Å²) in [6.45, 7) is 0.860. The van der Waals surface area contributed by atoms with Crippen LogP contribution in [0.5, 0.6) is 0 Å². The van der Waals surface area contributed by atoms with Crippen LogP contribution >= 0.6 is 11.6 Å². The van der Waals surface area contributed by atoms with Crippen LogP contribution < -0.4 is 5.32 Å². The van der Waals surface area contributed by atoms with Gasteiger partial charge in [0.1, 0.15) is 0 Å². The van der Waals surface area contributed by atoms with Crippen molar-refractivity contribution < 1.29 is 0 Å². The Hall–Kier alpha value is -0.600. The Kier molecular flexibility index (Phi) is 3.98. The maximum absolute atomic E-state index is 5.93. The molecule has 1 aromatic heterocycles. The van der Waals surface area contributed by atoms with Gasteiger partial charge in [-0.05, 0) is 30.9 Å². The molecule has 1 saturated carbocycles. The summed E-state index contributed by atoms with van der Waals surface area (Å²) >= 11 is 5.93. The van der Waals surface area contributed by atoms with E-state index in [-0.39, 0.29) is 0 Å². The molecule has 3 heteroatoms. The number of aromatic nitrogens is 1. The first kappa shape index (κ1) is 10.9. The standard InChI is InChI=1S/C12H17ClN2/c13-8-10-4-3-6-12(10)15-9-11-5-1-2-7-14-11/h1-2,5,7,10,12,15H,3-4,6,8-9H2. The monoisotopic (exact) mass is 224 g/mol. The summed E-state index contributed by atoms with van der Waals surface area (Å²) in [5.41, 5.74) is 1.11. The highest BCUT2D eigenvalue weighted by Gasteiger charge is 2.25. The molecule has 0 bridgehead atoms. The van der Waals surface area contributed by atoms with Crippen LogP contribution in [0.3, 0.4) is 0 Å². The van der Waals surface area contributed by atoms with Gasteiger partial charge in [0.2, 0.25) is 0 Å². The van der Waals surface area contributed by atoms with Crippen LogP contribution in [0.15, 0.2) is 24.4 Å². The molecule has 0 radical (unpaired) electrons. The normalized spacial score (nSPS) is 25.7. The smallest absolute Gasteiger partial charge is 0.0541 e. The quantitative estimate of drug-likeness (QED) is 0.796. The Morgan fingerprint density at radius 1 is 1.40 bits per heavy atom. The van der Waals surface area contributed by atoms with E-state index in [9.17, 15) is 0 Å². The van der Waals surface area contributed by atoms with Gasteiger partial charge in [0, 0.05) is 24.7 Å². The molecule has 0 amide bonds. The third-order valence-electron chi connectivity index (χ3n) is 3.13. The van der Waals surface area contributed by atoms with E-state index < -0.39 is 0 Å². The molecule has 1 aromatic rings. The second-order valence-corrected chi connectivity index (χ2v) is 4.46. The minimum absolute atomic E-state index is 0.588. The number of nitrogens with one attached hydrogen (secondary N) is 1. The first-order valence-electron chi connectivity index (χ1n) is 5.59. The van der Waals surface area contributed by atoms with Gasteiger partial charge >= 0.3 is 0 Å². The lowest BCUT2D eigenvalue weighted by Crippen LogP contribution is -2.32. The first-order chi connectivity index (χ1) is 7.40. The lowest BCUT2D eigenvalue weighted by atomic mass is 10.1. The van der Waals surface area contributed by atoms with Gasteiger partial charge in [0.25, 0.3) is 0 Å². The van der Waals surface area contributed by atoms with Gasteiger partial charge in [-0.3, -0.25) is 4.98 Å². The molecule has 1 heterocycles. The third kappa shape index (κ3) is 2.93. The van der Waals surface area contributed by atoms with E-state index in [0.29, 0.717) is 12.0 Å². The lowest BCUT2D eigenvalue weighted by Gasteiger charge is -2.18. The van der Waals surface area contributed by atoms with Gasteiger partial charge in [0.05, 0.1) is 5.69 Å². The number of rotatable bonds is 4. The molecule has 2 unspecified atom stereocenters. The fourth-order valence-electron chi connectivity index (χ4n) is 2.23. The molecule has 1 N–H and O–H groups in total. The van der Waals surface area contributed by atoms with Crippen molar-refractivity contribution in [3.8, 4) is 0 Å². The van der Waals surface area contributed by atoms with Crippen molar-refractivity contribution in [2.75, 3.05) is 5.88 Å². The molecule has 15 heavy (non-hydrogen) atoms. The Balaban J connectivity index is 1.83. The van der Waals surface area contributed by atoms with Crippen molar-refractivity contribution in [1.29, 1.82) is 0 Å². The zero-order valence-electron chi connectivity index (χ0n) is 8.82. The van der Waals surface area contributed by atoms with Crippen LogP contribution in [0.1, 0.15) is 25.0 Å². The minimum atomic E-state index is 0.588. The Bertz CT molecular complexity index is 289. The highest BCUT2D eigenvalue weighted by atomic mass is 35.5. The molecule has 2 atom stereocenters. The molecular weight excluding hydrogens is 208 g/mol. The van der Waals surface area contributed by atoms with Gasteiger partial charge in [-0.15, -0.1) is 11.6 Å². The molecule has 0 saturated heterocycles. The third-order valence-corrected chi connectivity index (χ3v) is 3.53. The zero-order chi connectivity index (χ0) is 10.5. The van der Waals surface area contributed by atoms with E-state index in [1.54, 1.807) is 0 Å². The highest BCUT2D eigenvalue weighted by Crippen LogP contribution is 2.26. The fraction of sp³-hybridized carbons (Fsp3) is 0.583. The van der Waals surface area contributed by atoms with Crippen LogP contribution in [0.25, 0.3) is 0 Å². The van der Waals surface area contributed by atoms with Crippen molar-refractivity contribution in [2.24, 2.45) is 5.92 Å². The summed E-state index contributed by atoms with van der Waals surface area (Å²) in [7, 11) is 0. The molecule has 0 aliphatic heterocycles.